The van der Waals surface area contributed by atoms with Crippen LogP contribution in [0.2, 0.25) is 5.02 Å². The number of benzene rings is 3. The fraction of sp³-hybridized carbons (Fsp3) is 0.240. The number of hydrogen-bond acceptors (Lipinski definition) is 4. The lowest BCUT2D eigenvalue weighted by Crippen LogP contribution is -2.39. The van der Waals surface area contributed by atoms with Gasteiger partial charge in [-0.15, -0.1) is 0 Å². The molecule has 0 aliphatic carbocycles. The smallest absolute Gasteiger partial charge is 0.415 e. The SMILES string of the molecule is COc1ccc(C2CCc3c(Cl)c(Br)cc(OC)c3N2C(=O)OCc2ccccc2)cc1. The van der Waals surface area contributed by atoms with Crippen molar-refractivity contribution in [3.8, 4) is 11.5 Å². The number of fused-ring (bicyclic) bond motifs is 1. The summed E-state index contributed by atoms with van der Waals surface area (Å²) in [4.78, 5) is 15.1. The van der Waals surface area contributed by atoms with Gasteiger partial charge in [0.05, 0.1) is 31.0 Å². The van der Waals surface area contributed by atoms with Crippen molar-refractivity contribution in [1.82, 2.24) is 0 Å². The molecule has 1 heterocycles. The Morgan fingerprint density at radius 1 is 1.09 bits per heavy atom. The van der Waals surface area contributed by atoms with E-state index in [1.807, 2.05) is 54.6 Å². The highest BCUT2D eigenvalue weighted by Crippen LogP contribution is 2.49. The molecule has 1 aliphatic heterocycles. The fourth-order valence-corrected chi connectivity index (χ4v) is 4.69. The Morgan fingerprint density at radius 3 is 2.47 bits per heavy atom. The van der Waals surface area contributed by atoms with Crippen molar-refractivity contribution < 1.29 is 19.0 Å². The highest BCUT2D eigenvalue weighted by Gasteiger charge is 2.37. The Balaban J connectivity index is 1.75. The van der Waals surface area contributed by atoms with Gasteiger partial charge in [-0.25, -0.2) is 4.79 Å². The minimum Gasteiger partial charge on any atom is -0.497 e. The van der Waals surface area contributed by atoms with Crippen LogP contribution in [0.15, 0.2) is 65.1 Å². The molecule has 0 saturated heterocycles. The molecule has 4 rings (SSSR count). The molecular weight excluding hydrogens is 494 g/mol. The second-order valence-corrected chi connectivity index (χ2v) is 8.67. The van der Waals surface area contributed by atoms with Gasteiger partial charge in [0.1, 0.15) is 18.1 Å². The average Bonchev–Trinajstić information content (AvgIpc) is 2.84. The van der Waals surface area contributed by atoms with Crippen molar-refractivity contribution in [2.24, 2.45) is 0 Å². The van der Waals surface area contributed by atoms with Crippen LogP contribution in [0.5, 0.6) is 11.5 Å². The number of nitrogens with zero attached hydrogens (tertiary/aromatic N) is 1. The molecule has 7 heteroatoms. The lowest BCUT2D eigenvalue weighted by Gasteiger charge is -2.38. The van der Waals surface area contributed by atoms with Gasteiger partial charge in [-0.3, -0.25) is 4.90 Å². The molecule has 0 aromatic heterocycles. The van der Waals surface area contributed by atoms with Gasteiger partial charge < -0.3 is 14.2 Å². The number of amides is 1. The molecule has 0 bridgehead atoms. The third-order valence-corrected chi connectivity index (χ3v) is 6.88. The minimum absolute atomic E-state index is 0.174. The van der Waals surface area contributed by atoms with Crippen molar-refractivity contribution in [2.75, 3.05) is 19.1 Å². The van der Waals surface area contributed by atoms with Crippen LogP contribution < -0.4 is 14.4 Å². The summed E-state index contributed by atoms with van der Waals surface area (Å²) in [6.45, 7) is 0.174. The molecule has 1 unspecified atom stereocenters. The standard InChI is InChI=1S/C25H23BrClNO4/c1-30-18-10-8-17(9-11-18)21-13-12-19-23(27)20(26)14-22(31-2)24(19)28(21)25(29)32-15-16-6-4-3-5-7-16/h3-11,14,21H,12-13,15H2,1-2H3. The second-order valence-electron chi connectivity index (χ2n) is 7.44. The van der Waals surface area contributed by atoms with Gasteiger partial charge >= 0.3 is 6.09 Å². The zero-order valence-corrected chi connectivity index (χ0v) is 20.2. The van der Waals surface area contributed by atoms with Crippen LogP contribution in [0.1, 0.15) is 29.2 Å². The molecule has 3 aromatic rings. The zero-order chi connectivity index (χ0) is 22.7. The van der Waals surface area contributed by atoms with Gasteiger partial charge in [0.25, 0.3) is 0 Å². The molecule has 1 atom stereocenters. The molecule has 0 radical (unpaired) electrons. The first-order valence-corrected chi connectivity index (χ1v) is 11.4. The molecule has 0 spiro atoms. The van der Waals surface area contributed by atoms with Crippen LogP contribution in [0.25, 0.3) is 0 Å². The molecule has 166 valence electrons. The van der Waals surface area contributed by atoms with E-state index in [4.69, 9.17) is 25.8 Å². The summed E-state index contributed by atoms with van der Waals surface area (Å²) in [7, 11) is 3.21. The zero-order valence-electron chi connectivity index (χ0n) is 17.8. The molecule has 1 amide bonds. The van der Waals surface area contributed by atoms with E-state index in [1.54, 1.807) is 25.2 Å². The quantitative estimate of drug-likeness (QED) is 0.368. The van der Waals surface area contributed by atoms with E-state index in [9.17, 15) is 4.79 Å². The first-order valence-electron chi connectivity index (χ1n) is 10.2. The first-order chi connectivity index (χ1) is 15.5. The van der Waals surface area contributed by atoms with Crippen molar-refractivity contribution >= 4 is 39.3 Å². The Labute approximate surface area is 201 Å². The maximum atomic E-state index is 13.5. The number of carbonyl (C=O) groups is 1. The molecule has 0 fully saturated rings. The predicted molar refractivity (Wildman–Crippen MR) is 129 cm³/mol. The summed E-state index contributed by atoms with van der Waals surface area (Å²) in [6.07, 6.45) is 0.940. The van der Waals surface area contributed by atoms with E-state index in [0.29, 0.717) is 29.3 Å². The van der Waals surface area contributed by atoms with Crippen LogP contribution >= 0.6 is 27.5 Å². The number of carbonyl (C=O) groups excluding carboxylic acids is 1. The maximum Gasteiger partial charge on any atom is 0.415 e. The molecule has 0 saturated carbocycles. The summed E-state index contributed by atoms with van der Waals surface area (Å²) < 4.78 is 17.4. The normalized spacial score (nSPS) is 15.1. The van der Waals surface area contributed by atoms with Crippen molar-refractivity contribution in [1.29, 1.82) is 0 Å². The van der Waals surface area contributed by atoms with E-state index >= 15 is 0 Å². The Bertz CT molecular complexity index is 1110. The van der Waals surface area contributed by atoms with E-state index in [2.05, 4.69) is 15.9 Å². The summed E-state index contributed by atoms with van der Waals surface area (Å²) in [5, 5.41) is 0.579. The topological polar surface area (TPSA) is 48.0 Å². The van der Waals surface area contributed by atoms with Crippen LogP contribution in [0.3, 0.4) is 0 Å². The van der Waals surface area contributed by atoms with Crippen LogP contribution in [0.4, 0.5) is 10.5 Å². The molecule has 5 nitrogen and oxygen atoms in total. The lowest BCUT2D eigenvalue weighted by molar-refractivity contribution is 0.143. The van der Waals surface area contributed by atoms with E-state index in [0.717, 1.165) is 26.9 Å². The monoisotopic (exact) mass is 515 g/mol. The highest BCUT2D eigenvalue weighted by molar-refractivity contribution is 9.10. The number of methoxy groups -OCH3 is 2. The van der Waals surface area contributed by atoms with Gasteiger partial charge in [0, 0.05) is 4.47 Å². The van der Waals surface area contributed by atoms with Crippen molar-refractivity contribution in [3.63, 3.8) is 0 Å². The van der Waals surface area contributed by atoms with Crippen LogP contribution in [-0.4, -0.2) is 20.3 Å². The summed E-state index contributed by atoms with van der Waals surface area (Å²) in [5.74, 6) is 1.32. The average molecular weight is 517 g/mol. The Kier molecular flexibility index (Phi) is 6.92. The van der Waals surface area contributed by atoms with Crippen molar-refractivity contribution in [3.05, 3.63) is 86.8 Å². The van der Waals surface area contributed by atoms with Gasteiger partial charge in [0.15, 0.2) is 0 Å². The van der Waals surface area contributed by atoms with Gasteiger partial charge in [-0.2, -0.15) is 0 Å². The number of hydrogen-bond donors (Lipinski definition) is 0. The number of rotatable bonds is 5. The largest absolute Gasteiger partial charge is 0.497 e. The van der Waals surface area contributed by atoms with Crippen LogP contribution in [0, 0.1) is 0 Å². The number of anilines is 1. The summed E-state index contributed by atoms with van der Waals surface area (Å²) >= 11 is 10.1. The lowest BCUT2D eigenvalue weighted by atomic mass is 9.91. The third-order valence-electron chi connectivity index (χ3n) is 5.59. The molecule has 0 N–H and O–H groups in total. The molecule has 3 aromatic carbocycles. The molecule has 1 aliphatic rings. The van der Waals surface area contributed by atoms with Crippen LogP contribution in [-0.2, 0) is 17.8 Å². The van der Waals surface area contributed by atoms with Crippen molar-refractivity contribution in [2.45, 2.75) is 25.5 Å². The van der Waals surface area contributed by atoms with E-state index in [-0.39, 0.29) is 12.6 Å². The Morgan fingerprint density at radius 2 is 1.81 bits per heavy atom. The van der Waals surface area contributed by atoms with Gasteiger partial charge in [-0.05, 0) is 63.7 Å². The first kappa shape index (κ1) is 22.5. The number of halogens is 2. The van der Waals surface area contributed by atoms with Gasteiger partial charge in [0.2, 0.25) is 0 Å². The minimum atomic E-state index is -0.452. The van der Waals surface area contributed by atoms with Gasteiger partial charge in [-0.1, -0.05) is 54.1 Å². The predicted octanol–water partition coefficient (Wildman–Crippen LogP) is 6.95. The maximum absolute atomic E-state index is 13.5. The van der Waals surface area contributed by atoms with E-state index in [1.165, 1.54) is 0 Å². The molecular formula is C25H23BrClNO4. The fourth-order valence-electron chi connectivity index (χ4n) is 4.01. The second kappa shape index (κ2) is 9.84. The van der Waals surface area contributed by atoms with E-state index < -0.39 is 6.09 Å². The third kappa shape index (κ3) is 4.43. The summed E-state index contributed by atoms with van der Waals surface area (Å²) in [5.41, 5.74) is 3.40. The molecule has 32 heavy (non-hydrogen) atoms. The highest BCUT2D eigenvalue weighted by atomic mass is 79.9. The number of ether oxygens (including phenoxy) is 3. The Hall–Kier alpha value is -2.70. The summed E-state index contributed by atoms with van der Waals surface area (Å²) in [6, 6.07) is 18.9.